The van der Waals surface area contributed by atoms with Gasteiger partial charge in [-0.2, -0.15) is 0 Å². The monoisotopic (exact) mass is 250 g/mol. The van der Waals surface area contributed by atoms with Gasteiger partial charge in [-0.05, 0) is 31.7 Å². The lowest BCUT2D eigenvalue weighted by atomic mass is 10.00. The maximum absolute atomic E-state index is 8.80. The Kier molecular flexibility index (Phi) is 4.75. The van der Waals surface area contributed by atoms with Gasteiger partial charge in [0, 0.05) is 6.61 Å². The average molecular weight is 250 g/mol. The minimum Gasteiger partial charge on any atom is -0.396 e. The summed E-state index contributed by atoms with van der Waals surface area (Å²) in [5.74, 6) is 0. The Balaban J connectivity index is 1.71. The zero-order valence-corrected chi connectivity index (χ0v) is 11.0. The van der Waals surface area contributed by atoms with Crippen LogP contribution in [-0.2, 0) is 16.1 Å². The fourth-order valence-corrected chi connectivity index (χ4v) is 2.26. The Bertz CT molecular complexity index is 352. The van der Waals surface area contributed by atoms with Crippen molar-refractivity contribution in [3.63, 3.8) is 0 Å². The highest BCUT2D eigenvalue weighted by molar-refractivity contribution is 5.13. The molecule has 0 unspecified atom stereocenters. The van der Waals surface area contributed by atoms with Crippen LogP contribution in [-0.4, -0.2) is 30.0 Å². The normalized spacial score (nSPS) is 26.2. The summed E-state index contributed by atoms with van der Waals surface area (Å²) < 4.78 is 11.4. The van der Waals surface area contributed by atoms with Crippen molar-refractivity contribution < 1.29 is 14.6 Å². The second-order valence-corrected chi connectivity index (χ2v) is 4.98. The average Bonchev–Trinajstić information content (AvgIpc) is 3.02. The molecule has 1 fully saturated rings. The first kappa shape index (κ1) is 13.5. The van der Waals surface area contributed by atoms with Gasteiger partial charge in [-0.25, -0.2) is 0 Å². The van der Waals surface area contributed by atoms with Crippen LogP contribution in [0.2, 0.25) is 0 Å². The van der Waals surface area contributed by atoms with Crippen LogP contribution in [0, 0.1) is 0 Å². The van der Waals surface area contributed by atoms with Crippen molar-refractivity contribution in [1.82, 2.24) is 0 Å². The molecule has 2 rings (SSSR count). The first-order valence-electron chi connectivity index (χ1n) is 6.67. The predicted molar refractivity (Wildman–Crippen MR) is 70.3 cm³/mol. The van der Waals surface area contributed by atoms with E-state index in [1.807, 2.05) is 18.2 Å². The van der Waals surface area contributed by atoms with Gasteiger partial charge in [-0.15, -0.1) is 0 Å². The van der Waals surface area contributed by atoms with Crippen LogP contribution >= 0.6 is 0 Å². The molecule has 2 atom stereocenters. The van der Waals surface area contributed by atoms with Gasteiger partial charge in [-0.1, -0.05) is 30.3 Å². The van der Waals surface area contributed by atoms with E-state index in [0.717, 1.165) is 19.3 Å². The molecule has 0 bridgehead atoms. The van der Waals surface area contributed by atoms with Crippen LogP contribution in [0.1, 0.15) is 31.7 Å². The maximum Gasteiger partial charge on any atom is 0.118 e. The Hall–Kier alpha value is -0.900. The highest BCUT2D eigenvalue weighted by Gasteiger charge is 2.52. The molecule has 100 valence electrons. The maximum atomic E-state index is 8.80. The topological polar surface area (TPSA) is 42.0 Å². The summed E-state index contributed by atoms with van der Waals surface area (Å²) in [5, 5.41) is 8.80. The quantitative estimate of drug-likeness (QED) is 0.569. The van der Waals surface area contributed by atoms with Crippen LogP contribution in [0.3, 0.4) is 0 Å². The van der Waals surface area contributed by atoms with Crippen molar-refractivity contribution in [1.29, 1.82) is 0 Å². The second-order valence-electron chi connectivity index (χ2n) is 4.98. The highest BCUT2D eigenvalue weighted by atomic mass is 16.6. The molecule has 0 aromatic heterocycles. The molecular weight excluding hydrogens is 228 g/mol. The molecule has 3 nitrogen and oxygen atoms in total. The molecule has 3 heteroatoms. The molecule has 0 amide bonds. The van der Waals surface area contributed by atoms with Crippen molar-refractivity contribution in [3.8, 4) is 0 Å². The lowest BCUT2D eigenvalue weighted by molar-refractivity contribution is 0.0626. The number of unbranched alkanes of at least 4 members (excludes halogenated alkanes) is 1. The molecule has 1 aliphatic heterocycles. The molecule has 0 radical (unpaired) electrons. The minimum absolute atomic E-state index is 0.0933. The summed E-state index contributed by atoms with van der Waals surface area (Å²) in [5.41, 5.74) is 1.10. The van der Waals surface area contributed by atoms with E-state index in [-0.39, 0.29) is 18.3 Å². The lowest BCUT2D eigenvalue weighted by Crippen LogP contribution is -2.22. The number of ether oxygens (including phenoxy) is 2. The van der Waals surface area contributed by atoms with Gasteiger partial charge in [0.1, 0.15) is 5.60 Å². The van der Waals surface area contributed by atoms with E-state index in [1.165, 1.54) is 5.56 Å². The Morgan fingerprint density at radius 3 is 2.61 bits per heavy atom. The van der Waals surface area contributed by atoms with Crippen LogP contribution in [0.15, 0.2) is 30.3 Å². The first-order chi connectivity index (χ1) is 8.77. The van der Waals surface area contributed by atoms with Gasteiger partial charge in [0.15, 0.2) is 0 Å². The SMILES string of the molecule is C[C@@H]1O[C@]1(CCCCO)COCc1ccccc1. The van der Waals surface area contributed by atoms with Crippen LogP contribution < -0.4 is 0 Å². The highest BCUT2D eigenvalue weighted by Crippen LogP contribution is 2.41. The van der Waals surface area contributed by atoms with E-state index in [2.05, 4.69) is 19.1 Å². The summed E-state index contributed by atoms with van der Waals surface area (Å²) in [7, 11) is 0. The molecular formula is C15H22O3. The lowest BCUT2D eigenvalue weighted by Gasteiger charge is -2.13. The van der Waals surface area contributed by atoms with E-state index in [0.29, 0.717) is 13.2 Å². The van der Waals surface area contributed by atoms with E-state index in [4.69, 9.17) is 14.6 Å². The van der Waals surface area contributed by atoms with E-state index < -0.39 is 0 Å². The fraction of sp³-hybridized carbons (Fsp3) is 0.600. The van der Waals surface area contributed by atoms with Crippen LogP contribution in [0.4, 0.5) is 0 Å². The van der Waals surface area contributed by atoms with Gasteiger partial charge >= 0.3 is 0 Å². The van der Waals surface area contributed by atoms with Gasteiger partial charge in [-0.3, -0.25) is 0 Å². The minimum atomic E-state index is -0.0933. The molecule has 1 heterocycles. The van der Waals surface area contributed by atoms with Crippen molar-refractivity contribution in [3.05, 3.63) is 35.9 Å². The number of epoxide rings is 1. The predicted octanol–water partition coefficient (Wildman–Crippen LogP) is 2.52. The summed E-state index contributed by atoms with van der Waals surface area (Å²) in [6.45, 7) is 3.63. The van der Waals surface area contributed by atoms with E-state index >= 15 is 0 Å². The fourth-order valence-electron chi connectivity index (χ4n) is 2.26. The van der Waals surface area contributed by atoms with Crippen LogP contribution in [0.25, 0.3) is 0 Å². The number of benzene rings is 1. The standard InChI is InChI=1S/C15H22O3/c1-13-15(18-13,9-5-6-10-16)12-17-11-14-7-3-2-4-8-14/h2-4,7-8,13,16H,5-6,9-12H2,1H3/t13-,15+/m0/s1. The van der Waals surface area contributed by atoms with Crippen molar-refractivity contribution in [2.75, 3.05) is 13.2 Å². The zero-order valence-electron chi connectivity index (χ0n) is 11.0. The zero-order chi connectivity index (χ0) is 12.8. The molecule has 1 aliphatic rings. The number of aliphatic hydroxyl groups excluding tert-OH is 1. The molecule has 18 heavy (non-hydrogen) atoms. The third-order valence-corrected chi connectivity index (χ3v) is 3.56. The molecule has 1 saturated heterocycles. The Morgan fingerprint density at radius 2 is 2.00 bits per heavy atom. The van der Waals surface area contributed by atoms with Gasteiger partial charge in [0.05, 0.1) is 19.3 Å². The molecule has 1 aromatic carbocycles. The molecule has 1 aromatic rings. The van der Waals surface area contributed by atoms with Gasteiger partial charge in [0.2, 0.25) is 0 Å². The van der Waals surface area contributed by atoms with E-state index in [9.17, 15) is 0 Å². The van der Waals surface area contributed by atoms with Crippen molar-refractivity contribution in [2.45, 2.75) is 44.5 Å². The first-order valence-corrected chi connectivity index (χ1v) is 6.67. The number of aliphatic hydroxyl groups is 1. The van der Waals surface area contributed by atoms with Crippen molar-refractivity contribution in [2.24, 2.45) is 0 Å². The summed E-state index contributed by atoms with van der Waals surface area (Å²) in [4.78, 5) is 0. The third kappa shape index (κ3) is 3.55. The summed E-state index contributed by atoms with van der Waals surface area (Å²) >= 11 is 0. The number of hydrogen-bond donors (Lipinski definition) is 1. The Labute approximate surface area is 109 Å². The molecule has 0 spiro atoms. The largest absolute Gasteiger partial charge is 0.396 e. The number of rotatable bonds is 8. The molecule has 0 saturated carbocycles. The van der Waals surface area contributed by atoms with Crippen molar-refractivity contribution >= 4 is 0 Å². The summed E-state index contributed by atoms with van der Waals surface area (Å²) in [6, 6.07) is 10.2. The second kappa shape index (κ2) is 6.32. The van der Waals surface area contributed by atoms with Gasteiger partial charge < -0.3 is 14.6 Å². The Morgan fingerprint density at radius 1 is 1.28 bits per heavy atom. The smallest absolute Gasteiger partial charge is 0.118 e. The summed E-state index contributed by atoms with van der Waals surface area (Å²) in [6.07, 6.45) is 3.10. The number of hydrogen-bond acceptors (Lipinski definition) is 3. The third-order valence-electron chi connectivity index (χ3n) is 3.56. The molecule has 0 aliphatic carbocycles. The van der Waals surface area contributed by atoms with Crippen LogP contribution in [0.5, 0.6) is 0 Å². The molecule has 1 N–H and O–H groups in total. The van der Waals surface area contributed by atoms with Gasteiger partial charge in [0.25, 0.3) is 0 Å². The van der Waals surface area contributed by atoms with E-state index in [1.54, 1.807) is 0 Å².